The average molecular weight is 375 g/mol. The SMILES string of the molecule is CC[C@H](NC(=O)COc1cc(C)ccc1C)c1ccc(S(C)(=O)=O)cc1. The fraction of sp³-hybridized carbons (Fsp3) is 0.350. The van der Waals surface area contributed by atoms with Crippen LogP contribution in [0.15, 0.2) is 47.4 Å². The van der Waals surface area contributed by atoms with Gasteiger partial charge in [-0.15, -0.1) is 0 Å². The number of carbonyl (C=O) groups excluding carboxylic acids is 1. The summed E-state index contributed by atoms with van der Waals surface area (Å²) in [6.45, 7) is 5.80. The van der Waals surface area contributed by atoms with Crippen molar-refractivity contribution in [3.05, 3.63) is 59.2 Å². The second-order valence-corrected chi connectivity index (χ2v) is 8.44. The van der Waals surface area contributed by atoms with Crippen LogP contribution >= 0.6 is 0 Å². The molecule has 0 aromatic heterocycles. The lowest BCUT2D eigenvalue weighted by atomic mass is 10.0. The molecule has 1 N–H and O–H groups in total. The van der Waals surface area contributed by atoms with E-state index in [1.165, 1.54) is 6.26 Å². The predicted octanol–water partition coefficient (Wildman–Crippen LogP) is 3.35. The molecule has 0 heterocycles. The molecular weight excluding hydrogens is 350 g/mol. The lowest BCUT2D eigenvalue weighted by molar-refractivity contribution is -0.123. The molecule has 0 saturated heterocycles. The Kier molecular flexibility index (Phi) is 6.42. The highest BCUT2D eigenvalue weighted by Crippen LogP contribution is 2.21. The van der Waals surface area contributed by atoms with Gasteiger partial charge in [-0.3, -0.25) is 4.79 Å². The summed E-state index contributed by atoms with van der Waals surface area (Å²) in [6, 6.07) is 12.3. The molecule has 0 aliphatic carbocycles. The summed E-state index contributed by atoms with van der Waals surface area (Å²) in [6.07, 6.45) is 1.86. The molecule has 1 atom stereocenters. The molecule has 0 aliphatic rings. The summed E-state index contributed by atoms with van der Waals surface area (Å²) in [5.74, 6) is 0.482. The summed E-state index contributed by atoms with van der Waals surface area (Å²) in [7, 11) is -3.23. The molecule has 26 heavy (non-hydrogen) atoms. The lowest BCUT2D eigenvalue weighted by Gasteiger charge is -2.18. The molecule has 0 saturated carbocycles. The van der Waals surface area contributed by atoms with Gasteiger partial charge in [0.15, 0.2) is 16.4 Å². The van der Waals surface area contributed by atoms with Crippen LogP contribution in [0.5, 0.6) is 5.75 Å². The molecule has 2 aromatic carbocycles. The monoisotopic (exact) mass is 375 g/mol. The van der Waals surface area contributed by atoms with Crippen LogP contribution in [0, 0.1) is 13.8 Å². The minimum atomic E-state index is -3.23. The zero-order chi connectivity index (χ0) is 19.3. The molecule has 0 unspecified atom stereocenters. The van der Waals surface area contributed by atoms with Gasteiger partial charge >= 0.3 is 0 Å². The van der Waals surface area contributed by atoms with Gasteiger partial charge in [-0.05, 0) is 55.2 Å². The van der Waals surface area contributed by atoms with E-state index < -0.39 is 9.84 Å². The molecule has 5 nitrogen and oxygen atoms in total. The zero-order valence-electron chi connectivity index (χ0n) is 15.6. The van der Waals surface area contributed by atoms with Crippen LogP contribution in [0.4, 0.5) is 0 Å². The van der Waals surface area contributed by atoms with Crippen molar-refractivity contribution in [1.82, 2.24) is 5.32 Å². The first-order valence-electron chi connectivity index (χ1n) is 8.50. The van der Waals surface area contributed by atoms with Crippen molar-refractivity contribution in [2.75, 3.05) is 12.9 Å². The number of amides is 1. The second kappa shape index (κ2) is 8.36. The molecule has 6 heteroatoms. The van der Waals surface area contributed by atoms with Crippen LogP contribution in [0.2, 0.25) is 0 Å². The van der Waals surface area contributed by atoms with Gasteiger partial charge in [0.2, 0.25) is 0 Å². The number of sulfone groups is 1. The van der Waals surface area contributed by atoms with E-state index >= 15 is 0 Å². The topological polar surface area (TPSA) is 72.5 Å². The fourth-order valence-electron chi connectivity index (χ4n) is 2.61. The van der Waals surface area contributed by atoms with E-state index in [4.69, 9.17) is 4.74 Å². The Hall–Kier alpha value is -2.34. The largest absolute Gasteiger partial charge is 0.483 e. The van der Waals surface area contributed by atoms with Crippen LogP contribution in [-0.4, -0.2) is 27.2 Å². The van der Waals surface area contributed by atoms with E-state index in [-0.39, 0.29) is 23.5 Å². The zero-order valence-corrected chi connectivity index (χ0v) is 16.4. The van der Waals surface area contributed by atoms with Crippen LogP contribution in [-0.2, 0) is 14.6 Å². The molecule has 0 radical (unpaired) electrons. The predicted molar refractivity (Wildman–Crippen MR) is 102 cm³/mol. The highest BCUT2D eigenvalue weighted by atomic mass is 32.2. The number of nitrogens with one attached hydrogen (secondary N) is 1. The van der Waals surface area contributed by atoms with Gasteiger partial charge < -0.3 is 10.1 Å². The van der Waals surface area contributed by atoms with E-state index in [1.54, 1.807) is 24.3 Å². The van der Waals surface area contributed by atoms with E-state index in [0.717, 1.165) is 16.7 Å². The van der Waals surface area contributed by atoms with Gasteiger partial charge in [-0.2, -0.15) is 0 Å². The van der Waals surface area contributed by atoms with Crippen molar-refractivity contribution in [1.29, 1.82) is 0 Å². The quantitative estimate of drug-likeness (QED) is 0.805. The first-order chi connectivity index (χ1) is 12.2. The van der Waals surface area contributed by atoms with E-state index in [2.05, 4.69) is 5.32 Å². The van der Waals surface area contributed by atoms with E-state index in [9.17, 15) is 13.2 Å². The Labute approximate surface area is 155 Å². The third kappa shape index (κ3) is 5.33. The summed E-state index contributed by atoms with van der Waals surface area (Å²) in [5.41, 5.74) is 2.91. The van der Waals surface area contributed by atoms with Crippen molar-refractivity contribution >= 4 is 15.7 Å². The third-order valence-electron chi connectivity index (χ3n) is 4.16. The highest BCUT2D eigenvalue weighted by molar-refractivity contribution is 7.90. The first kappa shape index (κ1) is 20.0. The van der Waals surface area contributed by atoms with Crippen molar-refractivity contribution < 1.29 is 17.9 Å². The summed E-state index contributed by atoms with van der Waals surface area (Å²) in [5, 5.41) is 2.93. The highest BCUT2D eigenvalue weighted by Gasteiger charge is 2.15. The molecular formula is C20H25NO4S. The summed E-state index contributed by atoms with van der Waals surface area (Å²) >= 11 is 0. The molecule has 0 fully saturated rings. The molecule has 0 spiro atoms. The number of hydrogen-bond acceptors (Lipinski definition) is 4. The van der Waals surface area contributed by atoms with Gasteiger partial charge in [-0.25, -0.2) is 8.42 Å². The van der Waals surface area contributed by atoms with Gasteiger partial charge in [0, 0.05) is 6.26 Å². The molecule has 140 valence electrons. The maximum atomic E-state index is 12.2. The van der Waals surface area contributed by atoms with Gasteiger partial charge in [0.1, 0.15) is 5.75 Å². The number of ether oxygens (including phenoxy) is 1. The van der Waals surface area contributed by atoms with Crippen LogP contribution in [0.1, 0.15) is 36.1 Å². The molecule has 0 aliphatic heterocycles. The number of hydrogen-bond donors (Lipinski definition) is 1. The minimum Gasteiger partial charge on any atom is -0.483 e. The van der Waals surface area contributed by atoms with E-state index in [0.29, 0.717) is 12.2 Å². The maximum absolute atomic E-state index is 12.2. The normalized spacial score (nSPS) is 12.5. The average Bonchev–Trinajstić information content (AvgIpc) is 2.60. The Morgan fingerprint density at radius 1 is 1.12 bits per heavy atom. The van der Waals surface area contributed by atoms with Crippen LogP contribution in [0.3, 0.4) is 0 Å². The molecule has 1 amide bonds. The lowest BCUT2D eigenvalue weighted by Crippen LogP contribution is -2.32. The van der Waals surface area contributed by atoms with Crippen LogP contribution < -0.4 is 10.1 Å². The minimum absolute atomic E-state index is 0.0672. The van der Waals surface area contributed by atoms with Gasteiger partial charge in [0.05, 0.1) is 10.9 Å². The van der Waals surface area contributed by atoms with Gasteiger partial charge in [0.25, 0.3) is 5.91 Å². The molecule has 0 bridgehead atoms. The Balaban J connectivity index is 2.00. The number of carbonyl (C=O) groups is 1. The van der Waals surface area contributed by atoms with Gasteiger partial charge in [-0.1, -0.05) is 31.2 Å². The summed E-state index contributed by atoms with van der Waals surface area (Å²) in [4.78, 5) is 12.5. The molecule has 2 aromatic rings. The number of benzene rings is 2. The Morgan fingerprint density at radius 2 is 1.77 bits per heavy atom. The number of aryl methyl sites for hydroxylation is 2. The fourth-order valence-corrected chi connectivity index (χ4v) is 3.24. The van der Waals surface area contributed by atoms with Crippen molar-refractivity contribution in [2.45, 2.75) is 38.1 Å². The summed E-state index contributed by atoms with van der Waals surface area (Å²) < 4.78 is 28.7. The van der Waals surface area contributed by atoms with Crippen molar-refractivity contribution in [3.63, 3.8) is 0 Å². The number of rotatable bonds is 7. The third-order valence-corrected chi connectivity index (χ3v) is 5.28. The smallest absolute Gasteiger partial charge is 0.258 e. The standard InChI is InChI=1S/C20H25NO4S/c1-5-18(16-8-10-17(11-9-16)26(4,23)24)21-20(22)13-25-19-12-14(2)6-7-15(19)3/h6-12,18H,5,13H2,1-4H3,(H,21,22)/t18-/m0/s1. The first-order valence-corrected chi connectivity index (χ1v) is 10.4. The van der Waals surface area contributed by atoms with Crippen molar-refractivity contribution in [3.8, 4) is 5.75 Å². The van der Waals surface area contributed by atoms with Crippen molar-refractivity contribution in [2.24, 2.45) is 0 Å². The van der Waals surface area contributed by atoms with E-state index in [1.807, 2.05) is 39.0 Å². The molecule has 2 rings (SSSR count). The maximum Gasteiger partial charge on any atom is 0.258 e. The second-order valence-electron chi connectivity index (χ2n) is 6.43. The Bertz CT molecular complexity index is 873. The Morgan fingerprint density at radius 3 is 2.35 bits per heavy atom. The van der Waals surface area contributed by atoms with Crippen LogP contribution in [0.25, 0.3) is 0 Å².